The highest BCUT2D eigenvalue weighted by Crippen LogP contribution is 2.22. The lowest BCUT2D eigenvalue weighted by molar-refractivity contribution is 0.340. The average molecular weight is 260 g/mol. The molecule has 0 amide bonds. The molecule has 1 aromatic heterocycles. The predicted molar refractivity (Wildman–Crippen MR) is 72.7 cm³/mol. The van der Waals surface area contributed by atoms with Gasteiger partial charge in [0.15, 0.2) is 0 Å². The largest absolute Gasteiger partial charge is 0.494 e. The molecule has 2 aromatic rings. The molecule has 3 nitrogen and oxygen atoms in total. The van der Waals surface area contributed by atoms with E-state index in [4.69, 9.17) is 4.74 Å². The molecular formula is C15H17FN2O. The zero-order chi connectivity index (χ0) is 13.7. The second kappa shape index (κ2) is 6.29. The molecule has 1 aromatic carbocycles. The van der Waals surface area contributed by atoms with Gasteiger partial charge >= 0.3 is 0 Å². The summed E-state index contributed by atoms with van der Waals surface area (Å²) in [5.41, 5.74) is 1.85. The zero-order valence-corrected chi connectivity index (χ0v) is 11.1. The molecule has 0 aliphatic carbocycles. The highest BCUT2D eigenvalue weighted by molar-refractivity contribution is 5.33. The van der Waals surface area contributed by atoms with E-state index in [1.807, 2.05) is 38.2 Å². The van der Waals surface area contributed by atoms with Crippen LogP contribution in [0, 0.1) is 5.82 Å². The summed E-state index contributed by atoms with van der Waals surface area (Å²) in [6, 6.07) is 10.9. The van der Waals surface area contributed by atoms with Gasteiger partial charge in [-0.05, 0) is 43.8 Å². The van der Waals surface area contributed by atoms with Crippen LogP contribution in [0.1, 0.15) is 24.2 Å². The third-order valence-electron chi connectivity index (χ3n) is 2.86. The molecule has 19 heavy (non-hydrogen) atoms. The van der Waals surface area contributed by atoms with Gasteiger partial charge < -0.3 is 10.1 Å². The maximum atomic E-state index is 12.9. The molecule has 0 aliphatic rings. The summed E-state index contributed by atoms with van der Waals surface area (Å²) in [5.74, 6) is 0.512. The maximum absolute atomic E-state index is 12.9. The van der Waals surface area contributed by atoms with E-state index in [9.17, 15) is 4.39 Å². The Kier molecular flexibility index (Phi) is 4.47. The molecule has 1 atom stereocenters. The van der Waals surface area contributed by atoms with E-state index in [0.29, 0.717) is 6.61 Å². The first kappa shape index (κ1) is 13.5. The van der Waals surface area contributed by atoms with Crippen LogP contribution in [0.5, 0.6) is 5.75 Å². The van der Waals surface area contributed by atoms with Crippen LogP contribution in [0.3, 0.4) is 0 Å². The summed E-state index contributed by atoms with van der Waals surface area (Å²) in [6.07, 6.45) is 1.23. The van der Waals surface area contributed by atoms with E-state index in [-0.39, 0.29) is 11.9 Å². The summed E-state index contributed by atoms with van der Waals surface area (Å²) < 4.78 is 18.3. The molecule has 0 radical (unpaired) electrons. The number of halogens is 1. The summed E-state index contributed by atoms with van der Waals surface area (Å²) in [4.78, 5) is 4.12. The van der Waals surface area contributed by atoms with E-state index in [1.165, 1.54) is 12.3 Å². The van der Waals surface area contributed by atoms with Gasteiger partial charge in [0.25, 0.3) is 0 Å². The quantitative estimate of drug-likeness (QED) is 0.897. The topological polar surface area (TPSA) is 34.1 Å². The monoisotopic (exact) mass is 260 g/mol. The van der Waals surface area contributed by atoms with Crippen molar-refractivity contribution in [1.82, 2.24) is 10.3 Å². The minimum atomic E-state index is -0.328. The van der Waals surface area contributed by atoms with Crippen molar-refractivity contribution in [3.63, 3.8) is 0 Å². The van der Waals surface area contributed by atoms with Crippen LogP contribution in [0.2, 0.25) is 0 Å². The van der Waals surface area contributed by atoms with Gasteiger partial charge in [-0.1, -0.05) is 12.1 Å². The van der Waals surface area contributed by atoms with Crippen LogP contribution in [0.15, 0.2) is 42.6 Å². The third-order valence-corrected chi connectivity index (χ3v) is 2.86. The Morgan fingerprint density at radius 3 is 2.47 bits per heavy atom. The minimum Gasteiger partial charge on any atom is -0.494 e. The molecule has 100 valence electrons. The van der Waals surface area contributed by atoms with Crippen LogP contribution in [0.25, 0.3) is 0 Å². The molecule has 0 aliphatic heterocycles. The number of rotatable bonds is 5. The first-order chi connectivity index (χ1) is 9.24. The number of nitrogens with one attached hydrogen (secondary N) is 1. The van der Waals surface area contributed by atoms with Crippen molar-refractivity contribution < 1.29 is 9.13 Å². The molecule has 0 spiro atoms. The van der Waals surface area contributed by atoms with Crippen LogP contribution in [-0.2, 0) is 0 Å². The molecule has 0 saturated heterocycles. The van der Waals surface area contributed by atoms with Crippen molar-refractivity contribution in [1.29, 1.82) is 0 Å². The van der Waals surface area contributed by atoms with Gasteiger partial charge in [-0.3, -0.25) is 4.98 Å². The highest BCUT2D eigenvalue weighted by Gasteiger charge is 2.13. The Bertz CT molecular complexity index is 511. The van der Waals surface area contributed by atoms with Gasteiger partial charge in [-0.2, -0.15) is 0 Å². The first-order valence-corrected chi connectivity index (χ1v) is 6.26. The molecule has 0 saturated carbocycles. The van der Waals surface area contributed by atoms with Crippen molar-refractivity contribution >= 4 is 0 Å². The van der Waals surface area contributed by atoms with Crippen molar-refractivity contribution in [3.05, 3.63) is 59.7 Å². The molecule has 4 heteroatoms. The van der Waals surface area contributed by atoms with Gasteiger partial charge in [0, 0.05) is 0 Å². The normalized spacial score (nSPS) is 12.2. The first-order valence-electron chi connectivity index (χ1n) is 6.26. The Morgan fingerprint density at radius 2 is 1.95 bits per heavy atom. The zero-order valence-electron chi connectivity index (χ0n) is 11.1. The Labute approximate surface area is 112 Å². The number of hydrogen-bond acceptors (Lipinski definition) is 3. The van der Waals surface area contributed by atoms with Crippen molar-refractivity contribution in [2.45, 2.75) is 13.0 Å². The highest BCUT2D eigenvalue weighted by atomic mass is 19.1. The molecule has 1 heterocycles. The summed E-state index contributed by atoms with van der Waals surface area (Å²) in [6.45, 7) is 2.60. The number of pyridine rings is 1. The Balaban J connectivity index is 2.23. The number of nitrogens with zero attached hydrogens (tertiary/aromatic N) is 1. The average Bonchev–Trinajstić information content (AvgIpc) is 2.44. The van der Waals surface area contributed by atoms with Gasteiger partial charge in [-0.25, -0.2) is 4.39 Å². The summed E-state index contributed by atoms with van der Waals surface area (Å²) >= 11 is 0. The molecule has 0 fully saturated rings. The lowest BCUT2D eigenvalue weighted by Gasteiger charge is -2.16. The van der Waals surface area contributed by atoms with Gasteiger partial charge in [0.1, 0.15) is 11.6 Å². The number of benzene rings is 1. The standard InChI is InChI=1S/C15H17FN2O/c1-3-19-13-7-4-11(5-8-13)15(17-2)14-9-6-12(16)10-18-14/h4-10,15,17H,3H2,1-2H3. The third kappa shape index (κ3) is 3.29. The summed E-state index contributed by atoms with van der Waals surface area (Å²) in [5, 5.41) is 3.18. The van der Waals surface area contributed by atoms with Crippen LogP contribution in [0.4, 0.5) is 4.39 Å². The fourth-order valence-corrected chi connectivity index (χ4v) is 1.97. The fourth-order valence-electron chi connectivity index (χ4n) is 1.97. The molecule has 1 unspecified atom stereocenters. The summed E-state index contributed by atoms with van der Waals surface area (Å²) in [7, 11) is 1.85. The lowest BCUT2D eigenvalue weighted by atomic mass is 10.0. The van der Waals surface area contributed by atoms with E-state index in [1.54, 1.807) is 6.07 Å². The predicted octanol–water partition coefficient (Wildman–Crippen LogP) is 2.93. The van der Waals surface area contributed by atoms with Crippen molar-refractivity contribution in [3.8, 4) is 5.75 Å². The van der Waals surface area contributed by atoms with Crippen molar-refractivity contribution in [2.75, 3.05) is 13.7 Å². The number of hydrogen-bond donors (Lipinski definition) is 1. The number of ether oxygens (including phenoxy) is 1. The number of aromatic nitrogens is 1. The maximum Gasteiger partial charge on any atom is 0.141 e. The minimum absolute atomic E-state index is 0.0590. The molecule has 0 bridgehead atoms. The van der Waals surface area contributed by atoms with E-state index < -0.39 is 0 Å². The van der Waals surface area contributed by atoms with E-state index >= 15 is 0 Å². The lowest BCUT2D eigenvalue weighted by Crippen LogP contribution is -2.18. The van der Waals surface area contributed by atoms with Crippen LogP contribution < -0.4 is 10.1 Å². The Morgan fingerprint density at radius 1 is 1.21 bits per heavy atom. The van der Waals surface area contributed by atoms with E-state index in [2.05, 4.69) is 10.3 Å². The second-order valence-electron chi connectivity index (χ2n) is 4.13. The van der Waals surface area contributed by atoms with Gasteiger partial charge in [0.2, 0.25) is 0 Å². The molecular weight excluding hydrogens is 243 g/mol. The van der Waals surface area contributed by atoms with Crippen LogP contribution in [-0.4, -0.2) is 18.6 Å². The Hall–Kier alpha value is -1.94. The van der Waals surface area contributed by atoms with Crippen LogP contribution >= 0.6 is 0 Å². The van der Waals surface area contributed by atoms with Gasteiger partial charge in [-0.15, -0.1) is 0 Å². The smallest absolute Gasteiger partial charge is 0.141 e. The fraction of sp³-hybridized carbons (Fsp3) is 0.267. The SMILES string of the molecule is CCOc1ccc(C(NC)c2ccc(F)cn2)cc1. The molecule has 1 N–H and O–H groups in total. The molecule has 2 rings (SSSR count). The van der Waals surface area contributed by atoms with Gasteiger partial charge in [0.05, 0.1) is 24.5 Å². The van der Waals surface area contributed by atoms with E-state index in [0.717, 1.165) is 17.0 Å². The second-order valence-corrected chi connectivity index (χ2v) is 4.13. The van der Waals surface area contributed by atoms with Crippen molar-refractivity contribution in [2.24, 2.45) is 0 Å².